The summed E-state index contributed by atoms with van der Waals surface area (Å²) in [5.41, 5.74) is 0. The predicted molar refractivity (Wildman–Crippen MR) is 48.3 cm³/mol. The van der Waals surface area contributed by atoms with Crippen molar-refractivity contribution >= 4 is 0 Å². The van der Waals surface area contributed by atoms with Crippen LogP contribution >= 0.6 is 0 Å². The first-order valence-electron chi connectivity index (χ1n) is 4.55. The van der Waals surface area contributed by atoms with Gasteiger partial charge >= 0.3 is 0 Å². The third-order valence-corrected chi connectivity index (χ3v) is 2.35. The smallest absolute Gasteiger partial charge is 0.00990 e. The standard InChI is InChI=1S/C10H17N/c1-3-5-6-7-11-10-8-9(10)4-2/h1,9-11H,4-8H2,2H3. The summed E-state index contributed by atoms with van der Waals surface area (Å²) in [4.78, 5) is 0. The molecule has 0 radical (unpaired) electrons. The summed E-state index contributed by atoms with van der Waals surface area (Å²) in [5, 5.41) is 3.50. The second kappa shape index (κ2) is 4.41. The molecule has 0 spiro atoms. The summed E-state index contributed by atoms with van der Waals surface area (Å²) in [6, 6.07) is 0.817. The van der Waals surface area contributed by atoms with E-state index in [2.05, 4.69) is 18.2 Å². The molecule has 0 bridgehead atoms. The maximum Gasteiger partial charge on any atom is 0.00990 e. The van der Waals surface area contributed by atoms with E-state index in [1.54, 1.807) is 0 Å². The summed E-state index contributed by atoms with van der Waals surface area (Å²) in [7, 11) is 0. The molecule has 1 N–H and O–H groups in total. The van der Waals surface area contributed by atoms with Gasteiger partial charge in [0.25, 0.3) is 0 Å². The molecule has 0 heterocycles. The van der Waals surface area contributed by atoms with E-state index in [0.717, 1.165) is 31.3 Å². The van der Waals surface area contributed by atoms with Crippen molar-refractivity contribution < 1.29 is 0 Å². The maximum atomic E-state index is 5.14. The molecule has 0 aromatic rings. The lowest BCUT2D eigenvalue weighted by Gasteiger charge is -1.99. The van der Waals surface area contributed by atoms with Crippen molar-refractivity contribution in [3.63, 3.8) is 0 Å². The fraction of sp³-hybridized carbons (Fsp3) is 0.800. The van der Waals surface area contributed by atoms with Crippen LogP contribution in [0.2, 0.25) is 0 Å². The topological polar surface area (TPSA) is 12.0 Å². The van der Waals surface area contributed by atoms with Gasteiger partial charge in [0.05, 0.1) is 0 Å². The van der Waals surface area contributed by atoms with Gasteiger partial charge in [0.2, 0.25) is 0 Å². The first-order chi connectivity index (χ1) is 5.38. The van der Waals surface area contributed by atoms with Gasteiger partial charge < -0.3 is 5.32 Å². The molecule has 1 saturated carbocycles. The quantitative estimate of drug-likeness (QED) is 0.466. The largest absolute Gasteiger partial charge is 0.314 e. The zero-order chi connectivity index (χ0) is 8.10. The van der Waals surface area contributed by atoms with Crippen molar-refractivity contribution in [1.29, 1.82) is 0 Å². The Kier molecular flexibility index (Phi) is 3.45. The second-order valence-corrected chi connectivity index (χ2v) is 3.27. The minimum atomic E-state index is 0.817. The number of nitrogens with one attached hydrogen (secondary N) is 1. The molecule has 2 unspecified atom stereocenters. The summed E-state index contributed by atoms with van der Waals surface area (Å²) in [6.07, 6.45) is 9.89. The van der Waals surface area contributed by atoms with E-state index in [1.165, 1.54) is 12.8 Å². The van der Waals surface area contributed by atoms with Gasteiger partial charge in [-0.3, -0.25) is 0 Å². The Labute approximate surface area is 69.6 Å². The molecule has 11 heavy (non-hydrogen) atoms. The van der Waals surface area contributed by atoms with Crippen molar-refractivity contribution in [2.75, 3.05) is 6.54 Å². The molecule has 1 nitrogen and oxygen atoms in total. The summed E-state index contributed by atoms with van der Waals surface area (Å²) >= 11 is 0. The average Bonchev–Trinajstić information content (AvgIpc) is 2.77. The van der Waals surface area contributed by atoms with Crippen molar-refractivity contribution in [3.05, 3.63) is 0 Å². The fourth-order valence-corrected chi connectivity index (χ4v) is 1.43. The lowest BCUT2D eigenvalue weighted by molar-refractivity contribution is 0.607. The van der Waals surface area contributed by atoms with Crippen LogP contribution in [0.3, 0.4) is 0 Å². The van der Waals surface area contributed by atoms with E-state index in [9.17, 15) is 0 Å². The summed E-state index contributed by atoms with van der Waals surface area (Å²) < 4.78 is 0. The molecule has 0 aromatic heterocycles. The van der Waals surface area contributed by atoms with Crippen molar-refractivity contribution in [2.24, 2.45) is 5.92 Å². The Morgan fingerprint density at radius 2 is 2.45 bits per heavy atom. The third-order valence-electron chi connectivity index (χ3n) is 2.35. The molecule has 62 valence electrons. The molecule has 2 atom stereocenters. The van der Waals surface area contributed by atoms with Gasteiger partial charge in [-0.05, 0) is 25.3 Å². The SMILES string of the molecule is C#CCCCNC1CC1CC. The highest BCUT2D eigenvalue weighted by molar-refractivity contribution is 4.92. The molecule has 0 saturated heterocycles. The van der Waals surface area contributed by atoms with E-state index in [4.69, 9.17) is 6.42 Å². The highest BCUT2D eigenvalue weighted by Crippen LogP contribution is 2.32. The van der Waals surface area contributed by atoms with Crippen LogP contribution < -0.4 is 5.32 Å². The fourth-order valence-electron chi connectivity index (χ4n) is 1.43. The minimum absolute atomic E-state index is 0.817. The van der Waals surface area contributed by atoms with Gasteiger partial charge in [0, 0.05) is 12.5 Å². The molecule has 0 aromatic carbocycles. The Morgan fingerprint density at radius 1 is 1.64 bits per heavy atom. The average molecular weight is 151 g/mol. The van der Waals surface area contributed by atoms with Crippen LogP contribution in [-0.2, 0) is 0 Å². The van der Waals surface area contributed by atoms with Gasteiger partial charge in [-0.15, -0.1) is 12.3 Å². The van der Waals surface area contributed by atoms with Gasteiger partial charge in [-0.1, -0.05) is 13.3 Å². The Bertz CT molecular complexity index is 145. The zero-order valence-corrected chi connectivity index (χ0v) is 7.27. The number of hydrogen-bond acceptors (Lipinski definition) is 1. The van der Waals surface area contributed by atoms with Crippen LogP contribution in [-0.4, -0.2) is 12.6 Å². The Hall–Kier alpha value is -0.480. The van der Waals surface area contributed by atoms with Crippen LogP contribution in [0.1, 0.15) is 32.6 Å². The number of hydrogen-bond donors (Lipinski definition) is 1. The second-order valence-electron chi connectivity index (χ2n) is 3.27. The highest BCUT2D eigenvalue weighted by atomic mass is 15.0. The lowest BCUT2D eigenvalue weighted by atomic mass is 10.3. The lowest BCUT2D eigenvalue weighted by Crippen LogP contribution is -2.19. The third kappa shape index (κ3) is 2.95. The van der Waals surface area contributed by atoms with Gasteiger partial charge in [-0.2, -0.15) is 0 Å². The molecule has 1 aliphatic carbocycles. The van der Waals surface area contributed by atoms with Crippen molar-refractivity contribution in [3.8, 4) is 12.3 Å². The van der Waals surface area contributed by atoms with E-state index in [1.807, 2.05) is 0 Å². The molecule has 1 rings (SSSR count). The Morgan fingerprint density at radius 3 is 3.00 bits per heavy atom. The molecule has 1 fully saturated rings. The highest BCUT2D eigenvalue weighted by Gasteiger charge is 2.33. The van der Waals surface area contributed by atoms with Crippen molar-refractivity contribution in [1.82, 2.24) is 5.32 Å². The van der Waals surface area contributed by atoms with Crippen LogP contribution in [0.4, 0.5) is 0 Å². The first kappa shape index (κ1) is 8.62. The molecule has 0 amide bonds. The van der Waals surface area contributed by atoms with Crippen LogP contribution in [0.5, 0.6) is 0 Å². The van der Waals surface area contributed by atoms with Crippen LogP contribution in [0, 0.1) is 18.3 Å². The van der Waals surface area contributed by atoms with Gasteiger partial charge in [0.1, 0.15) is 0 Å². The van der Waals surface area contributed by atoms with Crippen molar-refractivity contribution in [2.45, 2.75) is 38.6 Å². The molecular weight excluding hydrogens is 134 g/mol. The first-order valence-corrected chi connectivity index (χ1v) is 4.55. The van der Waals surface area contributed by atoms with Gasteiger partial charge in [-0.25, -0.2) is 0 Å². The normalized spacial score (nSPS) is 28.0. The molecular formula is C10H17N. The Balaban J connectivity index is 1.86. The number of unbranched alkanes of at least 4 members (excludes halogenated alkanes) is 1. The van der Waals surface area contributed by atoms with Crippen LogP contribution in [0.25, 0.3) is 0 Å². The summed E-state index contributed by atoms with van der Waals surface area (Å²) in [5.74, 6) is 3.61. The zero-order valence-electron chi connectivity index (χ0n) is 7.27. The predicted octanol–water partition coefficient (Wildman–Crippen LogP) is 1.79. The maximum absolute atomic E-state index is 5.14. The minimum Gasteiger partial charge on any atom is -0.314 e. The van der Waals surface area contributed by atoms with Gasteiger partial charge in [0.15, 0.2) is 0 Å². The monoisotopic (exact) mass is 151 g/mol. The number of rotatable bonds is 5. The van der Waals surface area contributed by atoms with E-state index < -0.39 is 0 Å². The number of terminal acetylenes is 1. The van der Waals surface area contributed by atoms with E-state index in [0.29, 0.717) is 0 Å². The van der Waals surface area contributed by atoms with Crippen LogP contribution in [0.15, 0.2) is 0 Å². The van der Waals surface area contributed by atoms with E-state index in [-0.39, 0.29) is 0 Å². The molecule has 1 aliphatic rings. The van der Waals surface area contributed by atoms with E-state index >= 15 is 0 Å². The molecule has 0 aliphatic heterocycles. The summed E-state index contributed by atoms with van der Waals surface area (Å²) in [6.45, 7) is 3.36. The molecule has 1 heteroatoms.